The highest BCUT2D eigenvalue weighted by Crippen LogP contribution is 2.12. The Hall–Kier alpha value is -1.16. The predicted octanol–water partition coefficient (Wildman–Crippen LogP) is -0.0171. The van der Waals surface area contributed by atoms with Crippen molar-refractivity contribution in [3.05, 3.63) is 17.5 Å². The first-order chi connectivity index (χ1) is 4.74. The van der Waals surface area contributed by atoms with E-state index in [9.17, 15) is 0 Å². The third kappa shape index (κ3) is 1.22. The van der Waals surface area contributed by atoms with Crippen molar-refractivity contribution >= 4 is 0 Å². The lowest BCUT2D eigenvalue weighted by Gasteiger charge is -1.97. The van der Waals surface area contributed by atoms with Crippen LogP contribution in [0.25, 0.3) is 0 Å². The van der Waals surface area contributed by atoms with Crippen LogP contribution in [0.2, 0.25) is 0 Å². The predicted molar refractivity (Wildman–Crippen MR) is 34.4 cm³/mol. The second kappa shape index (κ2) is 2.62. The number of hydrogen-bond donors (Lipinski definition) is 2. The maximum absolute atomic E-state index is 9.03. The van der Waals surface area contributed by atoms with Crippen molar-refractivity contribution in [3.8, 4) is 5.75 Å². The van der Waals surface area contributed by atoms with Gasteiger partial charge >= 0.3 is 0 Å². The van der Waals surface area contributed by atoms with E-state index in [0.717, 1.165) is 0 Å². The van der Waals surface area contributed by atoms with Gasteiger partial charge in [0, 0.05) is 6.07 Å². The van der Waals surface area contributed by atoms with Crippen molar-refractivity contribution in [2.75, 3.05) is 0 Å². The van der Waals surface area contributed by atoms with Crippen LogP contribution in [-0.4, -0.2) is 20.4 Å². The second-order valence-electron chi connectivity index (χ2n) is 1.98. The van der Waals surface area contributed by atoms with E-state index < -0.39 is 0 Å². The van der Waals surface area contributed by atoms with E-state index >= 15 is 0 Å². The quantitative estimate of drug-likeness (QED) is 0.575. The van der Waals surface area contributed by atoms with E-state index in [-0.39, 0.29) is 18.1 Å². The summed E-state index contributed by atoms with van der Waals surface area (Å²) in [5.41, 5.74) is 0.848. The summed E-state index contributed by atoms with van der Waals surface area (Å²) >= 11 is 0. The van der Waals surface area contributed by atoms with Crippen molar-refractivity contribution in [1.82, 2.24) is 10.2 Å². The SMILES string of the molecule is Cc1cc(O)c(CO)nn1. The van der Waals surface area contributed by atoms with E-state index in [4.69, 9.17) is 10.2 Å². The Morgan fingerprint density at radius 3 is 2.70 bits per heavy atom. The molecule has 1 aromatic heterocycles. The summed E-state index contributed by atoms with van der Waals surface area (Å²) in [5.74, 6) is -0.00463. The monoisotopic (exact) mass is 140 g/mol. The average Bonchev–Trinajstić information content (AvgIpc) is 1.88. The first kappa shape index (κ1) is 6.95. The van der Waals surface area contributed by atoms with Crippen LogP contribution in [0, 0.1) is 6.92 Å². The van der Waals surface area contributed by atoms with Gasteiger partial charge in [-0.25, -0.2) is 0 Å². The largest absolute Gasteiger partial charge is 0.506 e. The molecule has 10 heavy (non-hydrogen) atoms. The van der Waals surface area contributed by atoms with Crippen LogP contribution >= 0.6 is 0 Å². The van der Waals surface area contributed by atoms with Gasteiger partial charge in [-0.1, -0.05) is 0 Å². The molecule has 0 saturated carbocycles. The van der Waals surface area contributed by atoms with E-state index in [2.05, 4.69) is 10.2 Å². The van der Waals surface area contributed by atoms with Gasteiger partial charge in [-0.3, -0.25) is 0 Å². The minimum absolute atomic E-state index is 0.00463. The Bertz CT molecular complexity index is 237. The zero-order valence-corrected chi connectivity index (χ0v) is 5.57. The molecule has 0 fully saturated rings. The van der Waals surface area contributed by atoms with Gasteiger partial charge in [0.25, 0.3) is 0 Å². The van der Waals surface area contributed by atoms with Crippen LogP contribution in [0.3, 0.4) is 0 Å². The molecule has 0 atom stereocenters. The fourth-order valence-corrected chi connectivity index (χ4v) is 0.613. The molecule has 4 heteroatoms. The van der Waals surface area contributed by atoms with Crippen molar-refractivity contribution in [1.29, 1.82) is 0 Å². The van der Waals surface area contributed by atoms with Crippen molar-refractivity contribution < 1.29 is 10.2 Å². The second-order valence-corrected chi connectivity index (χ2v) is 1.98. The molecule has 0 saturated heterocycles. The molecule has 0 aliphatic carbocycles. The molecule has 0 aliphatic rings. The molecule has 1 heterocycles. The molecule has 4 nitrogen and oxygen atoms in total. The molecule has 1 rings (SSSR count). The summed E-state index contributed by atoms with van der Waals surface area (Å²) in [5, 5.41) is 24.8. The van der Waals surface area contributed by atoms with Gasteiger partial charge in [0.15, 0.2) is 0 Å². The lowest BCUT2D eigenvalue weighted by molar-refractivity contribution is 0.268. The molecule has 54 valence electrons. The maximum Gasteiger partial charge on any atom is 0.143 e. The van der Waals surface area contributed by atoms with E-state index in [1.807, 2.05) is 0 Å². The number of aliphatic hydroxyl groups excluding tert-OH is 1. The highest BCUT2D eigenvalue weighted by atomic mass is 16.3. The summed E-state index contributed by atoms with van der Waals surface area (Å²) in [6, 6.07) is 1.46. The number of aliphatic hydroxyl groups is 1. The molecule has 0 aliphatic heterocycles. The third-order valence-electron chi connectivity index (χ3n) is 1.12. The highest BCUT2D eigenvalue weighted by molar-refractivity contribution is 5.25. The zero-order chi connectivity index (χ0) is 7.56. The molecule has 2 N–H and O–H groups in total. The number of hydrogen-bond acceptors (Lipinski definition) is 4. The summed E-state index contributed by atoms with van der Waals surface area (Å²) < 4.78 is 0. The van der Waals surface area contributed by atoms with Gasteiger partial charge in [0.2, 0.25) is 0 Å². The first-order valence-electron chi connectivity index (χ1n) is 2.87. The maximum atomic E-state index is 9.03. The molecule has 0 spiro atoms. The smallest absolute Gasteiger partial charge is 0.143 e. The van der Waals surface area contributed by atoms with Gasteiger partial charge in [-0.15, -0.1) is 5.10 Å². The molecule has 0 unspecified atom stereocenters. The molecular weight excluding hydrogens is 132 g/mol. The van der Waals surface area contributed by atoms with E-state index in [1.165, 1.54) is 6.07 Å². The molecule has 0 aromatic carbocycles. The number of aromatic nitrogens is 2. The molecular formula is C6H8N2O2. The van der Waals surface area contributed by atoms with Crippen LogP contribution < -0.4 is 0 Å². The van der Waals surface area contributed by atoms with Gasteiger partial charge in [-0.2, -0.15) is 5.10 Å². The van der Waals surface area contributed by atoms with Gasteiger partial charge in [0.1, 0.15) is 11.4 Å². The minimum Gasteiger partial charge on any atom is -0.506 e. The van der Waals surface area contributed by atoms with Crippen LogP contribution in [0.5, 0.6) is 5.75 Å². The number of rotatable bonds is 1. The van der Waals surface area contributed by atoms with Crippen LogP contribution in [0.1, 0.15) is 11.4 Å². The number of aromatic hydroxyl groups is 1. The molecule has 0 radical (unpaired) electrons. The Morgan fingerprint density at radius 1 is 1.50 bits per heavy atom. The van der Waals surface area contributed by atoms with Crippen LogP contribution in [-0.2, 0) is 6.61 Å². The molecule has 0 bridgehead atoms. The van der Waals surface area contributed by atoms with Gasteiger partial charge < -0.3 is 10.2 Å². The Labute approximate surface area is 58.2 Å². The number of nitrogens with zero attached hydrogens (tertiary/aromatic N) is 2. The van der Waals surface area contributed by atoms with Crippen LogP contribution in [0.15, 0.2) is 6.07 Å². The van der Waals surface area contributed by atoms with Gasteiger partial charge in [-0.05, 0) is 6.92 Å². The van der Waals surface area contributed by atoms with Crippen molar-refractivity contribution in [3.63, 3.8) is 0 Å². The lowest BCUT2D eigenvalue weighted by atomic mass is 10.3. The highest BCUT2D eigenvalue weighted by Gasteiger charge is 2.00. The Balaban J connectivity index is 3.07. The Morgan fingerprint density at radius 2 is 2.20 bits per heavy atom. The first-order valence-corrected chi connectivity index (χ1v) is 2.87. The van der Waals surface area contributed by atoms with Gasteiger partial charge in [0.05, 0.1) is 12.3 Å². The number of aryl methyl sites for hydroxylation is 1. The van der Waals surface area contributed by atoms with Crippen molar-refractivity contribution in [2.45, 2.75) is 13.5 Å². The molecule has 0 amide bonds. The van der Waals surface area contributed by atoms with Crippen LogP contribution in [0.4, 0.5) is 0 Å². The summed E-state index contributed by atoms with van der Waals surface area (Å²) in [4.78, 5) is 0. The summed E-state index contributed by atoms with van der Waals surface area (Å²) in [6.07, 6.45) is 0. The van der Waals surface area contributed by atoms with E-state index in [1.54, 1.807) is 6.92 Å². The molecule has 1 aromatic rings. The topological polar surface area (TPSA) is 66.2 Å². The van der Waals surface area contributed by atoms with Crippen molar-refractivity contribution in [2.24, 2.45) is 0 Å². The fourth-order valence-electron chi connectivity index (χ4n) is 0.613. The minimum atomic E-state index is -0.279. The normalized spacial score (nSPS) is 9.80. The standard InChI is InChI=1S/C6H8N2O2/c1-4-2-6(10)5(3-9)8-7-4/h2,9H,3H2,1H3,(H,7,10). The summed E-state index contributed by atoms with van der Waals surface area (Å²) in [6.45, 7) is 1.44. The Kier molecular flexibility index (Phi) is 1.82. The summed E-state index contributed by atoms with van der Waals surface area (Å²) in [7, 11) is 0. The fraction of sp³-hybridized carbons (Fsp3) is 0.333. The average molecular weight is 140 g/mol. The lowest BCUT2D eigenvalue weighted by Crippen LogP contribution is -1.94. The third-order valence-corrected chi connectivity index (χ3v) is 1.12. The van der Waals surface area contributed by atoms with E-state index in [0.29, 0.717) is 5.69 Å². The zero-order valence-electron chi connectivity index (χ0n) is 5.57.